The Hall–Kier alpha value is -1.80. The lowest BCUT2D eigenvalue weighted by Gasteiger charge is -2.16. The van der Waals surface area contributed by atoms with E-state index in [4.69, 9.17) is 4.74 Å². The molecule has 0 aliphatic carbocycles. The number of nitrogens with one attached hydrogen (secondary N) is 1. The number of carbonyl (C=O) groups excluding carboxylic acids is 1. The molecule has 110 valence electrons. The third-order valence-corrected chi connectivity index (χ3v) is 3.18. The first-order valence-corrected chi connectivity index (χ1v) is 6.19. The van der Waals surface area contributed by atoms with E-state index in [2.05, 4.69) is 0 Å². The van der Waals surface area contributed by atoms with Crippen molar-refractivity contribution >= 4 is 5.78 Å². The van der Waals surface area contributed by atoms with Crippen LogP contribution in [0.2, 0.25) is 0 Å². The lowest BCUT2D eigenvalue weighted by Crippen LogP contribution is -2.35. The van der Waals surface area contributed by atoms with E-state index in [0.717, 1.165) is 4.57 Å². The van der Waals surface area contributed by atoms with Gasteiger partial charge >= 0.3 is 5.69 Å². The molecule has 2 N–H and O–H groups in total. The van der Waals surface area contributed by atoms with Crippen LogP contribution in [-0.4, -0.2) is 32.6 Å². The molecule has 1 aromatic heterocycles. The number of ketones is 1. The van der Waals surface area contributed by atoms with Crippen LogP contribution < -0.4 is 11.2 Å². The van der Waals surface area contributed by atoms with Crippen LogP contribution in [0.15, 0.2) is 15.8 Å². The van der Waals surface area contributed by atoms with Gasteiger partial charge in [0.1, 0.15) is 12.3 Å². The molecule has 1 aliphatic heterocycles. The van der Waals surface area contributed by atoms with Crippen molar-refractivity contribution in [2.75, 3.05) is 0 Å². The van der Waals surface area contributed by atoms with Gasteiger partial charge in [-0.1, -0.05) is 13.8 Å². The fraction of sp³-hybridized carbons (Fsp3) is 0.583. The SMILES string of the molecule is CC(C)C(=O)C1OC(n2cc(F)c(=O)[nH]c2=O)CC1O. The summed E-state index contributed by atoms with van der Waals surface area (Å²) in [4.78, 5) is 36.2. The van der Waals surface area contributed by atoms with E-state index in [9.17, 15) is 23.9 Å². The van der Waals surface area contributed by atoms with Crippen LogP contribution in [0.3, 0.4) is 0 Å². The van der Waals surface area contributed by atoms with Gasteiger partial charge in [0.15, 0.2) is 5.78 Å². The van der Waals surface area contributed by atoms with Crippen molar-refractivity contribution in [3.63, 3.8) is 0 Å². The first kappa shape index (κ1) is 14.6. The predicted molar refractivity (Wildman–Crippen MR) is 65.7 cm³/mol. The number of halogens is 1. The minimum atomic E-state index is -1.14. The smallest absolute Gasteiger partial charge is 0.330 e. The second-order valence-corrected chi connectivity index (χ2v) is 5.02. The summed E-state index contributed by atoms with van der Waals surface area (Å²) in [5.41, 5.74) is -1.98. The molecule has 0 saturated carbocycles. The van der Waals surface area contributed by atoms with Gasteiger partial charge in [-0.05, 0) is 0 Å². The fourth-order valence-electron chi connectivity index (χ4n) is 2.08. The van der Waals surface area contributed by atoms with Gasteiger partial charge in [-0.2, -0.15) is 4.39 Å². The average molecular weight is 286 g/mol. The molecule has 0 bridgehead atoms. The maximum Gasteiger partial charge on any atom is 0.330 e. The van der Waals surface area contributed by atoms with Crippen LogP contribution in [0, 0.1) is 11.7 Å². The molecule has 1 aliphatic rings. The number of aromatic nitrogens is 2. The van der Waals surface area contributed by atoms with E-state index in [0.29, 0.717) is 6.20 Å². The fourth-order valence-corrected chi connectivity index (χ4v) is 2.08. The van der Waals surface area contributed by atoms with Crippen molar-refractivity contribution in [3.8, 4) is 0 Å². The summed E-state index contributed by atoms with van der Waals surface area (Å²) in [5, 5.41) is 9.83. The highest BCUT2D eigenvalue weighted by molar-refractivity contribution is 5.85. The zero-order chi connectivity index (χ0) is 15.0. The Bertz CT molecular complexity index is 635. The maximum atomic E-state index is 13.2. The minimum absolute atomic E-state index is 0.0332. The van der Waals surface area contributed by atoms with Gasteiger partial charge in [-0.3, -0.25) is 19.1 Å². The molecular formula is C12H15FN2O5. The van der Waals surface area contributed by atoms with Crippen LogP contribution in [0.1, 0.15) is 26.5 Å². The van der Waals surface area contributed by atoms with Crippen molar-refractivity contribution in [3.05, 3.63) is 32.9 Å². The molecule has 3 unspecified atom stereocenters. The Kier molecular flexibility index (Phi) is 3.87. The molecule has 3 atom stereocenters. The molecule has 1 aromatic rings. The summed E-state index contributed by atoms with van der Waals surface area (Å²) in [7, 11) is 0. The van der Waals surface area contributed by atoms with Crippen molar-refractivity contribution in [2.45, 2.75) is 38.7 Å². The molecule has 20 heavy (non-hydrogen) atoms. The Morgan fingerprint density at radius 3 is 2.80 bits per heavy atom. The predicted octanol–water partition coefficient (Wildman–Crippen LogP) is -0.451. The van der Waals surface area contributed by atoms with Crippen LogP contribution >= 0.6 is 0 Å². The minimum Gasteiger partial charge on any atom is -0.390 e. The average Bonchev–Trinajstić information content (AvgIpc) is 2.74. The van der Waals surface area contributed by atoms with Gasteiger partial charge in [0, 0.05) is 12.3 Å². The number of aromatic amines is 1. The number of aliphatic hydroxyl groups is 1. The summed E-state index contributed by atoms with van der Waals surface area (Å²) in [6.07, 6.45) is -2.44. The standard InChI is InChI=1S/C12H15FN2O5/c1-5(2)9(17)10-7(16)3-8(20-10)15-4-6(13)11(18)14-12(15)19/h4-5,7-8,10,16H,3H2,1-2H3,(H,14,18,19). The van der Waals surface area contributed by atoms with Crippen LogP contribution in [0.4, 0.5) is 4.39 Å². The first-order valence-electron chi connectivity index (χ1n) is 6.19. The molecule has 0 amide bonds. The molecule has 8 heteroatoms. The van der Waals surface area contributed by atoms with E-state index in [1.165, 1.54) is 0 Å². The van der Waals surface area contributed by atoms with E-state index in [-0.39, 0.29) is 18.1 Å². The quantitative estimate of drug-likeness (QED) is 0.783. The zero-order valence-electron chi connectivity index (χ0n) is 11.0. The van der Waals surface area contributed by atoms with Gasteiger partial charge in [-0.25, -0.2) is 4.79 Å². The summed E-state index contributed by atoms with van der Waals surface area (Å²) in [6.45, 7) is 3.33. The number of Topliss-reactive ketones (excluding diaryl/α,β-unsaturated/α-hetero) is 1. The van der Waals surface area contributed by atoms with Crippen molar-refractivity contribution in [1.82, 2.24) is 9.55 Å². The lowest BCUT2D eigenvalue weighted by atomic mass is 10.00. The van der Waals surface area contributed by atoms with Crippen molar-refractivity contribution in [1.29, 1.82) is 0 Å². The summed E-state index contributed by atoms with van der Waals surface area (Å²) >= 11 is 0. The molecule has 2 rings (SSSR count). The summed E-state index contributed by atoms with van der Waals surface area (Å²) in [5.74, 6) is -1.77. The molecule has 1 fully saturated rings. The molecular weight excluding hydrogens is 271 g/mol. The second-order valence-electron chi connectivity index (χ2n) is 5.02. The maximum absolute atomic E-state index is 13.2. The van der Waals surface area contributed by atoms with Crippen molar-refractivity contribution in [2.24, 2.45) is 5.92 Å². The van der Waals surface area contributed by atoms with Gasteiger partial charge < -0.3 is 9.84 Å². The molecule has 1 saturated heterocycles. The first-order chi connectivity index (χ1) is 9.31. The highest BCUT2D eigenvalue weighted by atomic mass is 19.1. The van der Waals surface area contributed by atoms with E-state index >= 15 is 0 Å². The van der Waals surface area contributed by atoms with E-state index in [1.54, 1.807) is 18.8 Å². The second kappa shape index (κ2) is 5.29. The monoisotopic (exact) mass is 286 g/mol. The Balaban J connectivity index is 2.29. The van der Waals surface area contributed by atoms with Gasteiger partial charge in [0.25, 0.3) is 5.56 Å². The normalized spacial score (nSPS) is 26.1. The van der Waals surface area contributed by atoms with Crippen LogP contribution in [-0.2, 0) is 9.53 Å². The van der Waals surface area contributed by atoms with Gasteiger partial charge in [-0.15, -0.1) is 0 Å². The molecule has 0 spiro atoms. The largest absolute Gasteiger partial charge is 0.390 e. The van der Waals surface area contributed by atoms with Gasteiger partial charge in [0.2, 0.25) is 5.82 Å². The Morgan fingerprint density at radius 1 is 1.55 bits per heavy atom. The van der Waals surface area contributed by atoms with Crippen molar-refractivity contribution < 1.29 is 19.0 Å². The number of nitrogens with zero attached hydrogens (tertiary/aromatic N) is 1. The molecule has 0 aromatic carbocycles. The molecule has 7 nitrogen and oxygen atoms in total. The number of carbonyl (C=O) groups is 1. The number of ether oxygens (including phenoxy) is 1. The summed E-state index contributed by atoms with van der Waals surface area (Å²) in [6, 6.07) is 0. The Labute approximate surface area is 113 Å². The molecule has 2 heterocycles. The molecule has 0 radical (unpaired) electrons. The lowest BCUT2D eigenvalue weighted by molar-refractivity contribution is -0.138. The number of hydrogen-bond acceptors (Lipinski definition) is 5. The summed E-state index contributed by atoms with van der Waals surface area (Å²) < 4.78 is 19.4. The number of aliphatic hydroxyl groups excluding tert-OH is 1. The number of hydrogen-bond donors (Lipinski definition) is 2. The highest BCUT2D eigenvalue weighted by Crippen LogP contribution is 2.29. The highest BCUT2D eigenvalue weighted by Gasteiger charge is 2.40. The third-order valence-electron chi connectivity index (χ3n) is 3.18. The topological polar surface area (TPSA) is 101 Å². The van der Waals surface area contributed by atoms with E-state index < -0.39 is 35.5 Å². The Morgan fingerprint density at radius 2 is 2.20 bits per heavy atom. The van der Waals surface area contributed by atoms with Gasteiger partial charge in [0.05, 0.1) is 12.3 Å². The van der Waals surface area contributed by atoms with E-state index in [1.807, 2.05) is 0 Å². The number of H-pyrrole nitrogens is 1. The number of rotatable bonds is 3. The third kappa shape index (κ3) is 2.56. The van der Waals surface area contributed by atoms with Crippen LogP contribution in [0.25, 0.3) is 0 Å². The zero-order valence-corrected chi connectivity index (χ0v) is 11.0. The van der Waals surface area contributed by atoms with Crippen LogP contribution in [0.5, 0.6) is 0 Å².